The predicted molar refractivity (Wildman–Crippen MR) is 35.4 cm³/mol. The van der Waals surface area contributed by atoms with Crippen LogP contribution in [0.3, 0.4) is 0 Å². The lowest BCUT2D eigenvalue weighted by atomic mass is 9.99. The van der Waals surface area contributed by atoms with E-state index in [0.29, 0.717) is 0 Å². The molecule has 1 atom stereocenters. The van der Waals surface area contributed by atoms with Crippen LogP contribution in [0.2, 0.25) is 0 Å². The second-order valence-electron chi connectivity index (χ2n) is 2.29. The highest BCUT2D eigenvalue weighted by Crippen LogP contribution is 2.32. The highest BCUT2D eigenvalue weighted by atomic mass is 19.4. The average Bonchev–Trinajstić information content (AvgIpc) is 1.99. The van der Waals surface area contributed by atoms with Crippen molar-refractivity contribution in [1.29, 1.82) is 0 Å². The van der Waals surface area contributed by atoms with Crippen LogP contribution in [0.5, 0.6) is 0 Å². The molecule has 1 amide bonds. The van der Waals surface area contributed by atoms with Gasteiger partial charge in [-0.1, -0.05) is 6.92 Å². The number of alkyl halides is 3. The molecule has 0 aromatic heterocycles. The zero-order valence-electron chi connectivity index (χ0n) is 6.70. The molecule has 0 saturated heterocycles. The Morgan fingerprint density at radius 2 is 1.92 bits per heavy atom. The van der Waals surface area contributed by atoms with Crippen LogP contribution < -0.4 is 5.32 Å². The zero-order valence-corrected chi connectivity index (χ0v) is 6.70. The van der Waals surface area contributed by atoms with Gasteiger partial charge in [-0.2, -0.15) is 13.2 Å². The first kappa shape index (κ1) is 11.2. The van der Waals surface area contributed by atoms with E-state index in [2.05, 4.69) is 0 Å². The number of likely N-dealkylation sites (N-methyl/N-ethyl adjacent to an activating group) is 1. The highest BCUT2D eigenvalue weighted by molar-refractivity contribution is 5.85. The third-order valence-corrected chi connectivity index (χ3v) is 1.58. The molecule has 0 radical (unpaired) electrons. The van der Waals surface area contributed by atoms with Crippen molar-refractivity contribution in [2.75, 3.05) is 7.05 Å². The molecule has 2 N–H and O–H groups in total. The van der Waals surface area contributed by atoms with Gasteiger partial charge in [0.15, 0.2) is 0 Å². The molecule has 3 nitrogen and oxygen atoms in total. The summed E-state index contributed by atoms with van der Waals surface area (Å²) in [6.45, 7) is 1.09. The summed E-state index contributed by atoms with van der Waals surface area (Å²) in [5.74, 6) is -1.43. The first-order valence-corrected chi connectivity index (χ1v) is 3.31. The van der Waals surface area contributed by atoms with E-state index in [0.717, 1.165) is 14.0 Å². The molecule has 0 aromatic carbocycles. The number of carbonyl (C=O) groups excluding carboxylic acids is 1. The second-order valence-corrected chi connectivity index (χ2v) is 2.29. The third-order valence-electron chi connectivity index (χ3n) is 1.58. The Hall–Kier alpha value is -0.780. The summed E-state index contributed by atoms with van der Waals surface area (Å²) >= 11 is 0. The number of halogens is 3. The summed E-state index contributed by atoms with van der Waals surface area (Å²) in [7, 11) is 1.04. The van der Waals surface area contributed by atoms with Gasteiger partial charge in [0.05, 0.1) is 0 Å². The molecule has 72 valence electrons. The maximum atomic E-state index is 12.0. The van der Waals surface area contributed by atoms with Crippen LogP contribution in [0.1, 0.15) is 13.3 Å². The molecule has 6 heteroatoms. The smallest absolute Gasteiger partial charge is 0.373 e. The fraction of sp³-hybridized carbons (Fsp3) is 0.833. The number of aliphatic hydroxyl groups is 1. The minimum Gasteiger partial charge on any atom is -0.373 e. The summed E-state index contributed by atoms with van der Waals surface area (Å²) < 4.78 is 36.1. The van der Waals surface area contributed by atoms with Gasteiger partial charge in [0.2, 0.25) is 5.60 Å². The molecule has 0 saturated carbocycles. The SMILES string of the molecule is CCC(O)(C(=O)NC)C(F)(F)F. The van der Waals surface area contributed by atoms with Crippen LogP contribution in [0.25, 0.3) is 0 Å². The van der Waals surface area contributed by atoms with E-state index in [4.69, 9.17) is 5.11 Å². The van der Waals surface area contributed by atoms with Gasteiger partial charge in [0.25, 0.3) is 5.91 Å². The van der Waals surface area contributed by atoms with Gasteiger partial charge < -0.3 is 10.4 Å². The Kier molecular flexibility index (Phi) is 3.09. The van der Waals surface area contributed by atoms with Crippen molar-refractivity contribution in [3.63, 3.8) is 0 Å². The number of hydrogen-bond acceptors (Lipinski definition) is 2. The monoisotopic (exact) mass is 185 g/mol. The van der Waals surface area contributed by atoms with Crippen LogP contribution in [-0.4, -0.2) is 29.8 Å². The fourth-order valence-corrected chi connectivity index (χ4v) is 0.697. The minimum atomic E-state index is -4.93. The van der Waals surface area contributed by atoms with E-state index < -0.39 is 24.1 Å². The van der Waals surface area contributed by atoms with Gasteiger partial charge in [0, 0.05) is 7.05 Å². The molecular weight excluding hydrogens is 175 g/mol. The largest absolute Gasteiger partial charge is 0.426 e. The summed E-state index contributed by atoms with van der Waals surface area (Å²) in [5, 5.41) is 10.6. The first-order valence-electron chi connectivity index (χ1n) is 3.31. The number of nitrogens with one attached hydrogen (secondary N) is 1. The topological polar surface area (TPSA) is 49.3 Å². The third kappa shape index (κ3) is 1.69. The Bertz CT molecular complexity index is 180. The summed E-state index contributed by atoms with van der Waals surface area (Å²) in [5.41, 5.74) is -3.26. The molecule has 0 aliphatic heterocycles. The first-order chi connectivity index (χ1) is 5.29. The van der Waals surface area contributed by atoms with E-state index in [1.807, 2.05) is 0 Å². The predicted octanol–water partition coefficient (Wildman–Crippen LogP) is 0.436. The van der Waals surface area contributed by atoms with Crippen molar-refractivity contribution >= 4 is 5.91 Å². The van der Waals surface area contributed by atoms with Crippen LogP contribution in [-0.2, 0) is 4.79 Å². The van der Waals surface area contributed by atoms with Crippen LogP contribution in [0, 0.1) is 0 Å². The average molecular weight is 185 g/mol. The summed E-state index contributed by atoms with van der Waals surface area (Å²) in [4.78, 5) is 10.6. The van der Waals surface area contributed by atoms with Gasteiger partial charge in [-0.3, -0.25) is 4.79 Å². The summed E-state index contributed by atoms with van der Waals surface area (Å²) in [6, 6.07) is 0. The van der Waals surface area contributed by atoms with Crippen LogP contribution in [0.4, 0.5) is 13.2 Å². The Balaban J connectivity index is 4.80. The van der Waals surface area contributed by atoms with Gasteiger partial charge in [-0.05, 0) is 6.42 Å². The lowest BCUT2D eigenvalue weighted by Gasteiger charge is -2.26. The fourth-order valence-electron chi connectivity index (χ4n) is 0.697. The molecule has 0 spiro atoms. The number of hydrogen-bond donors (Lipinski definition) is 2. The van der Waals surface area contributed by atoms with Gasteiger partial charge in [-0.15, -0.1) is 0 Å². The van der Waals surface area contributed by atoms with Crippen LogP contribution in [0.15, 0.2) is 0 Å². The Morgan fingerprint density at radius 3 is 2.00 bits per heavy atom. The van der Waals surface area contributed by atoms with Crippen molar-refractivity contribution < 1.29 is 23.1 Å². The lowest BCUT2D eigenvalue weighted by Crippen LogP contribution is -2.55. The van der Waals surface area contributed by atoms with Crippen molar-refractivity contribution in [3.8, 4) is 0 Å². The molecule has 0 aliphatic rings. The minimum absolute atomic E-state index is 0.698. The second kappa shape index (κ2) is 3.30. The van der Waals surface area contributed by atoms with E-state index >= 15 is 0 Å². The lowest BCUT2D eigenvalue weighted by molar-refractivity contribution is -0.252. The molecular formula is C6H10F3NO2. The van der Waals surface area contributed by atoms with Crippen LogP contribution >= 0.6 is 0 Å². The molecule has 1 unspecified atom stereocenters. The molecule has 0 rings (SSSR count). The quantitative estimate of drug-likeness (QED) is 0.655. The van der Waals surface area contributed by atoms with Crippen molar-refractivity contribution in [2.24, 2.45) is 0 Å². The van der Waals surface area contributed by atoms with E-state index in [1.165, 1.54) is 0 Å². The molecule has 0 bridgehead atoms. The van der Waals surface area contributed by atoms with E-state index in [-0.39, 0.29) is 0 Å². The Labute approximate surface area is 67.6 Å². The van der Waals surface area contributed by atoms with Crippen molar-refractivity contribution in [2.45, 2.75) is 25.1 Å². The van der Waals surface area contributed by atoms with Gasteiger partial charge >= 0.3 is 6.18 Å². The number of amides is 1. The zero-order chi connectivity index (χ0) is 9.99. The molecule has 0 fully saturated rings. The number of carbonyl (C=O) groups is 1. The van der Waals surface area contributed by atoms with Crippen molar-refractivity contribution in [3.05, 3.63) is 0 Å². The maximum Gasteiger partial charge on any atom is 0.426 e. The van der Waals surface area contributed by atoms with Gasteiger partial charge in [-0.25, -0.2) is 0 Å². The molecule has 0 aliphatic carbocycles. The highest BCUT2D eigenvalue weighted by Gasteiger charge is 2.57. The normalized spacial score (nSPS) is 16.8. The molecule has 12 heavy (non-hydrogen) atoms. The summed E-state index contributed by atoms with van der Waals surface area (Å²) in [6.07, 6.45) is -5.63. The standard InChI is InChI=1S/C6H10F3NO2/c1-3-5(12,4(11)10-2)6(7,8)9/h12H,3H2,1-2H3,(H,10,11). The van der Waals surface area contributed by atoms with Gasteiger partial charge in [0.1, 0.15) is 0 Å². The maximum absolute atomic E-state index is 12.0. The molecule has 0 aromatic rings. The van der Waals surface area contributed by atoms with Crippen molar-refractivity contribution in [1.82, 2.24) is 5.32 Å². The number of rotatable bonds is 2. The van der Waals surface area contributed by atoms with E-state index in [9.17, 15) is 18.0 Å². The Morgan fingerprint density at radius 1 is 1.50 bits per heavy atom. The molecule has 0 heterocycles. The van der Waals surface area contributed by atoms with E-state index in [1.54, 1.807) is 5.32 Å².